The second kappa shape index (κ2) is 9.62. The number of amides is 3. The summed E-state index contributed by atoms with van der Waals surface area (Å²) in [5.74, 6) is 0.261. The Morgan fingerprint density at radius 1 is 1.06 bits per heavy atom. The molecule has 1 fully saturated rings. The number of nitrogens with one attached hydrogen (secondary N) is 2. The van der Waals surface area contributed by atoms with Crippen LogP contribution < -0.4 is 15.5 Å². The molecule has 5 rings (SSSR count). The van der Waals surface area contributed by atoms with Gasteiger partial charge in [0.2, 0.25) is 11.8 Å². The van der Waals surface area contributed by atoms with Crippen LogP contribution in [0.1, 0.15) is 48.4 Å². The average molecular weight is 487 g/mol. The van der Waals surface area contributed by atoms with Crippen LogP contribution >= 0.6 is 0 Å². The molecule has 1 saturated carbocycles. The lowest BCUT2D eigenvalue weighted by Crippen LogP contribution is -2.60. The standard InChI is InChI=1S/C28H30N4O4/c1-28(2)27(35)30-23-7-3-4-8-24(23)32(28)25(33)18-31(17-22-6-5-15-36-22)16-19-9-11-20(12-10-19)26(34)29-21-13-14-21/h3-12,15,21H,13-14,16-18H2,1-2H3,(H,29,34)(H,30,35). The lowest BCUT2D eigenvalue weighted by molar-refractivity contribution is -0.127. The van der Waals surface area contributed by atoms with Crippen molar-refractivity contribution >= 4 is 29.1 Å². The Balaban J connectivity index is 1.36. The molecule has 0 radical (unpaired) electrons. The Hall–Kier alpha value is -3.91. The first kappa shape index (κ1) is 23.8. The molecule has 1 aliphatic heterocycles. The van der Waals surface area contributed by atoms with E-state index in [-0.39, 0.29) is 24.3 Å². The zero-order chi connectivity index (χ0) is 25.3. The fourth-order valence-electron chi connectivity index (χ4n) is 4.47. The monoisotopic (exact) mass is 486 g/mol. The number of fused-ring (bicyclic) bond motifs is 1. The van der Waals surface area contributed by atoms with Crippen molar-refractivity contribution in [2.75, 3.05) is 16.8 Å². The SMILES string of the molecule is CC1(C)C(=O)Nc2ccccc2N1C(=O)CN(Cc1ccc(C(=O)NC2CC2)cc1)Cc1ccco1. The minimum Gasteiger partial charge on any atom is -0.468 e. The number of carbonyl (C=O) groups excluding carboxylic acids is 3. The van der Waals surface area contributed by atoms with E-state index in [0.717, 1.165) is 24.2 Å². The molecule has 0 unspecified atom stereocenters. The van der Waals surface area contributed by atoms with E-state index in [0.29, 0.717) is 36.1 Å². The van der Waals surface area contributed by atoms with Crippen LogP contribution in [0.3, 0.4) is 0 Å². The highest BCUT2D eigenvalue weighted by molar-refractivity contribution is 6.14. The van der Waals surface area contributed by atoms with Gasteiger partial charge in [0.1, 0.15) is 11.3 Å². The van der Waals surface area contributed by atoms with Gasteiger partial charge < -0.3 is 15.1 Å². The molecular weight excluding hydrogens is 456 g/mol. The number of hydrogen-bond donors (Lipinski definition) is 2. The number of furan rings is 1. The first-order valence-electron chi connectivity index (χ1n) is 12.2. The summed E-state index contributed by atoms with van der Waals surface area (Å²) in [5, 5.41) is 5.90. The number of benzene rings is 2. The topological polar surface area (TPSA) is 94.9 Å². The lowest BCUT2D eigenvalue weighted by atomic mass is 9.96. The molecule has 2 N–H and O–H groups in total. The van der Waals surface area contributed by atoms with Gasteiger partial charge in [0, 0.05) is 18.2 Å². The van der Waals surface area contributed by atoms with E-state index >= 15 is 0 Å². The van der Waals surface area contributed by atoms with Crippen molar-refractivity contribution in [3.63, 3.8) is 0 Å². The van der Waals surface area contributed by atoms with Crippen LogP contribution in [0.2, 0.25) is 0 Å². The minimum atomic E-state index is -1.04. The van der Waals surface area contributed by atoms with E-state index in [1.165, 1.54) is 0 Å². The highest BCUT2D eigenvalue weighted by Crippen LogP contribution is 2.36. The Kier molecular flexibility index (Phi) is 6.36. The third-order valence-electron chi connectivity index (χ3n) is 6.61. The summed E-state index contributed by atoms with van der Waals surface area (Å²) in [6.45, 7) is 4.47. The number of nitrogens with zero attached hydrogens (tertiary/aromatic N) is 2. The summed E-state index contributed by atoms with van der Waals surface area (Å²) < 4.78 is 5.55. The molecule has 0 atom stereocenters. The maximum atomic E-state index is 13.7. The van der Waals surface area contributed by atoms with Crippen LogP contribution in [-0.4, -0.2) is 40.7 Å². The zero-order valence-corrected chi connectivity index (χ0v) is 20.5. The third kappa shape index (κ3) is 5.04. The summed E-state index contributed by atoms with van der Waals surface area (Å²) in [6, 6.07) is 18.8. The molecule has 2 aliphatic rings. The molecule has 186 valence electrons. The average Bonchev–Trinajstić information content (AvgIpc) is 3.51. The molecule has 2 heterocycles. The maximum absolute atomic E-state index is 13.7. The van der Waals surface area contributed by atoms with Crippen molar-refractivity contribution in [1.82, 2.24) is 10.2 Å². The van der Waals surface area contributed by atoms with Crippen molar-refractivity contribution in [2.45, 2.75) is 51.4 Å². The summed E-state index contributed by atoms with van der Waals surface area (Å²) in [6.07, 6.45) is 3.69. The largest absolute Gasteiger partial charge is 0.468 e. The predicted octanol–water partition coefficient (Wildman–Crippen LogP) is 3.94. The Morgan fingerprint density at radius 3 is 2.50 bits per heavy atom. The van der Waals surface area contributed by atoms with Gasteiger partial charge >= 0.3 is 0 Å². The number of anilines is 2. The molecule has 1 aromatic heterocycles. The van der Waals surface area contributed by atoms with Gasteiger partial charge in [-0.15, -0.1) is 0 Å². The number of carbonyl (C=O) groups is 3. The van der Waals surface area contributed by atoms with Crippen LogP contribution in [0.15, 0.2) is 71.3 Å². The van der Waals surface area contributed by atoms with Crippen molar-refractivity contribution in [1.29, 1.82) is 0 Å². The quantitative estimate of drug-likeness (QED) is 0.503. The van der Waals surface area contributed by atoms with Crippen molar-refractivity contribution in [2.24, 2.45) is 0 Å². The van der Waals surface area contributed by atoms with E-state index in [1.54, 1.807) is 31.1 Å². The molecule has 3 aromatic rings. The second-order valence-electron chi connectivity index (χ2n) is 9.93. The van der Waals surface area contributed by atoms with Gasteiger partial charge in [0.05, 0.1) is 30.7 Å². The molecule has 1 aliphatic carbocycles. The number of rotatable bonds is 8. The molecule has 0 spiro atoms. The first-order chi connectivity index (χ1) is 17.3. The Morgan fingerprint density at radius 2 is 1.81 bits per heavy atom. The van der Waals surface area contributed by atoms with E-state index in [2.05, 4.69) is 10.6 Å². The highest BCUT2D eigenvalue weighted by atomic mass is 16.3. The predicted molar refractivity (Wildman–Crippen MR) is 136 cm³/mol. The summed E-state index contributed by atoms with van der Waals surface area (Å²) in [7, 11) is 0. The van der Waals surface area contributed by atoms with Crippen molar-refractivity contribution in [3.05, 3.63) is 83.8 Å². The molecule has 8 nitrogen and oxygen atoms in total. The summed E-state index contributed by atoms with van der Waals surface area (Å²) in [4.78, 5) is 42.4. The summed E-state index contributed by atoms with van der Waals surface area (Å²) in [5.41, 5.74) is 1.84. The van der Waals surface area contributed by atoms with Crippen LogP contribution in [0, 0.1) is 0 Å². The van der Waals surface area contributed by atoms with Crippen molar-refractivity contribution < 1.29 is 18.8 Å². The second-order valence-corrected chi connectivity index (χ2v) is 9.93. The molecule has 36 heavy (non-hydrogen) atoms. The molecule has 2 aromatic carbocycles. The van der Waals surface area contributed by atoms with Gasteiger partial charge in [-0.3, -0.25) is 24.2 Å². The van der Waals surface area contributed by atoms with Gasteiger partial charge in [0.25, 0.3) is 5.91 Å². The lowest BCUT2D eigenvalue weighted by Gasteiger charge is -2.42. The number of hydrogen-bond acceptors (Lipinski definition) is 5. The molecule has 0 saturated heterocycles. The highest BCUT2D eigenvalue weighted by Gasteiger charge is 2.43. The molecule has 3 amide bonds. The van der Waals surface area contributed by atoms with Gasteiger partial charge in [0.15, 0.2) is 0 Å². The number of para-hydroxylation sites is 2. The zero-order valence-electron chi connectivity index (χ0n) is 20.5. The van der Waals surface area contributed by atoms with Crippen LogP contribution in [0.25, 0.3) is 0 Å². The van der Waals surface area contributed by atoms with Crippen LogP contribution in [0.5, 0.6) is 0 Å². The van der Waals surface area contributed by atoms with E-state index in [9.17, 15) is 14.4 Å². The first-order valence-corrected chi connectivity index (χ1v) is 12.2. The smallest absolute Gasteiger partial charge is 0.251 e. The maximum Gasteiger partial charge on any atom is 0.251 e. The van der Waals surface area contributed by atoms with E-state index in [4.69, 9.17) is 4.42 Å². The van der Waals surface area contributed by atoms with Gasteiger partial charge in [-0.2, -0.15) is 0 Å². The normalized spacial score (nSPS) is 16.4. The third-order valence-corrected chi connectivity index (χ3v) is 6.61. The fraction of sp³-hybridized carbons (Fsp3) is 0.321. The Labute approximate surface area is 210 Å². The Bertz CT molecular complexity index is 1260. The molecule has 0 bridgehead atoms. The van der Waals surface area contributed by atoms with E-state index < -0.39 is 5.54 Å². The van der Waals surface area contributed by atoms with Crippen LogP contribution in [-0.2, 0) is 22.7 Å². The van der Waals surface area contributed by atoms with Gasteiger partial charge in [-0.25, -0.2) is 0 Å². The van der Waals surface area contributed by atoms with Crippen molar-refractivity contribution in [3.8, 4) is 0 Å². The molecule has 8 heteroatoms. The minimum absolute atomic E-state index is 0.0593. The van der Waals surface area contributed by atoms with Crippen LogP contribution in [0.4, 0.5) is 11.4 Å². The van der Waals surface area contributed by atoms with E-state index in [1.807, 2.05) is 59.5 Å². The van der Waals surface area contributed by atoms with Gasteiger partial charge in [-0.1, -0.05) is 24.3 Å². The fourth-order valence-corrected chi connectivity index (χ4v) is 4.47. The van der Waals surface area contributed by atoms with Gasteiger partial charge in [-0.05, 0) is 68.7 Å². The molecular formula is C28H30N4O4. The summed E-state index contributed by atoms with van der Waals surface area (Å²) >= 11 is 0.